The van der Waals surface area contributed by atoms with Crippen LogP contribution in [0.2, 0.25) is 0 Å². The van der Waals surface area contributed by atoms with Crippen LogP contribution in [0, 0.1) is 5.92 Å². The summed E-state index contributed by atoms with van der Waals surface area (Å²) in [6.07, 6.45) is 4.19. The van der Waals surface area contributed by atoms with Gasteiger partial charge in [-0.1, -0.05) is 0 Å². The van der Waals surface area contributed by atoms with Gasteiger partial charge < -0.3 is 10.1 Å². The highest BCUT2D eigenvalue weighted by molar-refractivity contribution is 7.90. The number of sulfone groups is 1. The predicted molar refractivity (Wildman–Crippen MR) is 60.7 cm³/mol. The van der Waals surface area contributed by atoms with E-state index in [4.69, 9.17) is 4.74 Å². The van der Waals surface area contributed by atoms with Gasteiger partial charge in [0.1, 0.15) is 9.84 Å². The van der Waals surface area contributed by atoms with Gasteiger partial charge in [-0.3, -0.25) is 0 Å². The molecule has 2 unspecified atom stereocenters. The van der Waals surface area contributed by atoms with E-state index in [2.05, 4.69) is 5.32 Å². The van der Waals surface area contributed by atoms with Crippen LogP contribution in [0.4, 0.5) is 0 Å². The van der Waals surface area contributed by atoms with Crippen molar-refractivity contribution in [3.63, 3.8) is 0 Å². The summed E-state index contributed by atoms with van der Waals surface area (Å²) in [5.74, 6) is 0.722. The first-order chi connectivity index (χ1) is 7.03. The first kappa shape index (κ1) is 12.9. The van der Waals surface area contributed by atoms with Crippen LogP contribution in [0.3, 0.4) is 0 Å². The lowest BCUT2D eigenvalue weighted by molar-refractivity contribution is 0.0400. The van der Waals surface area contributed by atoms with E-state index in [-0.39, 0.29) is 11.8 Å². The minimum absolute atomic E-state index is 0.259. The number of ether oxygens (including phenoxy) is 1. The summed E-state index contributed by atoms with van der Waals surface area (Å²) < 4.78 is 27.6. The lowest BCUT2D eigenvalue weighted by Crippen LogP contribution is -2.39. The van der Waals surface area contributed by atoms with Gasteiger partial charge in [0.05, 0.1) is 12.4 Å². The molecular weight excluding hydrogens is 214 g/mol. The van der Waals surface area contributed by atoms with Gasteiger partial charge in [-0.25, -0.2) is 8.42 Å². The van der Waals surface area contributed by atoms with Crippen molar-refractivity contribution in [3.05, 3.63) is 0 Å². The molecule has 1 saturated heterocycles. The topological polar surface area (TPSA) is 55.4 Å². The minimum Gasteiger partial charge on any atom is -0.381 e. The molecule has 0 amide bonds. The molecule has 1 aliphatic rings. The van der Waals surface area contributed by atoms with Crippen molar-refractivity contribution in [2.45, 2.75) is 25.3 Å². The Morgan fingerprint density at radius 2 is 2.27 bits per heavy atom. The zero-order valence-electron chi connectivity index (χ0n) is 9.53. The van der Waals surface area contributed by atoms with Gasteiger partial charge >= 0.3 is 0 Å². The molecule has 1 rings (SSSR count). The van der Waals surface area contributed by atoms with E-state index >= 15 is 0 Å². The SMILES string of the molecule is CNC(CCS(C)(=O)=O)C1CCCOC1. The Balaban J connectivity index is 2.40. The van der Waals surface area contributed by atoms with Crippen molar-refractivity contribution in [1.82, 2.24) is 5.32 Å². The van der Waals surface area contributed by atoms with Crippen LogP contribution in [0.25, 0.3) is 0 Å². The molecule has 1 heterocycles. The van der Waals surface area contributed by atoms with Crippen LogP contribution in [-0.2, 0) is 14.6 Å². The summed E-state index contributed by atoms with van der Waals surface area (Å²) in [6, 6.07) is 0.264. The standard InChI is InChI=1S/C10H21NO3S/c1-11-10(5-7-15(2,12)13)9-4-3-6-14-8-9/h9-11H,3-8H2,1-2H3. The van der Waals surface area contributed by atoms with Crippen LogP contribution in [-0.4, -0.2) is 46.7 Å². The fraction of sp³-hybridized carbons (Fsp3) is 1.00. The zero-order chi connectivity index (χ0) is 11.3. The van der Waals surface area contributed by atoms with E-state index in [0.717, 1.165) is 26.1 Å². The van der Waals surface area contributed by atoms with Crippen LogP contribution in [0.15, 0.2) is 0 Å². The smallest absolute Gasteiger partial charge is 0.147 e. The van der Waals surface area contributed by atoms with Gasteiger partial charge in [0.25, 0.3) is 0 Å². The maximum atomic E-state index is 11.1. The Kier molecular flexibility index (Phi) is 5.02. The second-order valence-corrected chi connectivity index (χ2v) is 6.55. The quantitative estimate of drug-likeness (QED) is 0.751. The van der Waals surface area contributed by atoms with Crippen molar-refractivity contribution in [1.29, 1.82) is 0 Å². The summed E-state index contributed by atoms with van der Waals surface area (Å²) in [7, 11) is -0.958. The van der Waals surface area contributed by atoms with Crippen LogP contribution in [0.5, 0.6) is 0 Å². The maximum Gasteiger partial charge on any atom is 0.147 e. The van der Waals surface area contributed by atoms with Gasteiger partial charge in [-0.2, -0.15) is 0 Å². The maximum absolute atomic E-state index is 11.1. The average molecular weight is 235 g/mol. The third kappa shape index (κ3) is 4.95. The normalized spacial score (nSPS) is 25.1. The number of rotatable bonds is 5. The molecule has 2 atom stereocenters. The van der Waals surface area contributed by atoms with Gasteiger partial charge in [0.15, 0.2) is 0 Å². The fourth-order valence-corrected chi connectivity index (χ4v) is 2.72. The summed E-state index contributed by atoms with van der Waals surface area (Å²) in [6.45, 7) is 1.61. The molecule has 0 radical (unpaired) electrons. The molecular formula is C10H21NO3S. The Morgan fingerprint density at radius 1 is 1.53 bits per heavy atom. The highest BCUT2D eigenvalue weighted by Crippen LogP contribution is 2.19. The van der Waals surface area contributed by atoms with Gasteiger partial charge in [-0.05, 0) is 32.2 Å². The molecule has 5 heteroatoms. The van der Waals surface area contributed by atoms with Gasteiger partial charge in [0, 0.05) is 18.9 Å². The van der Waals surface area contributed by atoms with Crippen molar-refractivity contribution in [2.75, 3.05) is 32.3 Å². The van der Waals surface area contributed by atoms with E-state index in [9.17, 15) is 8.42 Å². The van der Waals surface area contributed by atoms with E-state index in [1.165, 1.54) is 6.26 Å². The molecule has 0 aromatic carbocycles. The lowest BCUT2D eigenvalue weighted by atomic mass is 9.92. The molecule has 0 bridgehead atoms. The Labute approximate surface area is 92.3 Å². The number of hydrogen-bond acceptors (Lipinski definition) is 4. The zero-order valence-corrected chi connectivity index (χ0v) is 10.3. The second kappa shape index (κ2) is 5.82. The molecule has 1 fully saturated rings. The van der Waals surface area contributed by atoms with Crippen molar-refractivity contribution in [2.24, 2.45) is 5.92 Å². The Bertz CT molecular complexity index is 270. The molecule has 0 aromatic rings. The Hall–Kier alpha value is -0.130. The van der Waals surface area contributed by atoms with Crippen LogP contribution < -0.4 is 5.32 Å². The average Bonchev–Trinajstić information content (AvgIpc) is 2.19. The van der Waals surface area contributed by atoms with Crippen molar-refractivity contribution < 1.29 is 13.2 Å². The molecule has 0 aliphatic carbocycles. The largest absolute Gasteiger partial charge is 0.381 e. The third-order valence-electron chi connectivity index (χ3n) is 2.93. The van der Waals surface area contributed by atoms with Crippen LogP contribution in [0.1, 0.15) is 19.3 Å². The van der Waals surface area contributed by atoms with Crippen molar-refractivity contribution in [3.8, 4) is 0 Å². The molecule has 90 valence electrons. The van der Waals surface area contributed by atoms with Gasteiger partial charge in [-0.15, -0.1) is 0 Å². The predicted octanol–water partition coefficient (Wildman–Crippen LogP) is 0.436. The molecule has 0 saturated carbocycles. The van der Waals surface area contributed by atoms with Crippen LogP contribution >= 0.6 is 0 Å². The molecule has 1 aliphatic heterocycles. The first-order valence-electron chi connectivity index (χ1n) is 5.45. The Morgan fingerprint density at radius 3 is 2.73 bits per heavy atom. The molecule has 1 N–H and O–H groups in total. The minimum atomic E-state index is -2.85. The van der Waals surface area contributed by atoms with Gasteiger partial charge in [0.2, 0.25) is 0 Å². The summed E-state index contributed by atoms with van der Waals surface area (Å²) in [4.78, 5) is 0. The van der Waals surface area contributed by atoms with E-state index in [1.807, 2.05) is 7.05 Å². The summed E-state index contributed by atoms with van der Waals surface area (Å²) in [5, 5.41) is 3.20. The lowest BCUT2D eigenvalue weighted by Gasteiger charge is -2.29. The van der Waals surface area contributed by atoms with E-state index < -0.39 is 9.84 Å². The molecule has 15 heavy (non-hydrogen) atoms. The molecule has 0 spiro atoms. The fourth-order valence-electron chi connectivity index (χ4n) is 2.04. The summed E-state index contributed by atoms with van der Waals surface area (Å²) in [5.41, 5.74) is 0. The number of hydrogen-bond donors (Lipinski definition) is 1. The van der Waals surface area contributed by atoms with E-state index in [1.54, 1.807) is 0 Å². The summed E-state index contributed by atoms with van der Waals surface area (Å²) >= 11 is 0. The van der Waals surface area contributed by atoms with E-state index in [0.29, 0.717) is 12.3 Å². The highest BCUT2D eigenvalue weighted by atomic mass is 32.2. The molecule has 0 aromatic heterocycles. The number of nitrogens with one attached hydrogen (secondary N) is 1. The molecule has 4 nitrogen and oxygen atoms in total. The van der Waals surface area contributed by atoms with Crippen molar-refractivity contribution >= 4 is 9.84 Å². The monoisotopic (exact) mass is 235 g/mol. The third-order valence-corrected chi connectivity index (χ3v) is 3.91. The second-order valence-electron chi connectivity index (χ2n) is 4.29. The first-order valence-corrected chi connectivity index (χ1v) is 7.51. The highest BCUT2D eigenvalue weighted by Gasteiger charge is 2.23.